The van der Waals surface area contributed by atoms with Gasteiger partial charge in [0, 0.05) is 40.8 Å². The topological polar surface area (TPSA) is 32.3 Å². The summed E-state index contributed by atoms with van der Waals surface area (Å²) < 4.78 is 1.12. The van der Waals surface area contributed by atoms with Gasteiger partial charge in [-0.15, -0.1) is 11.3 Å². The third-order valence-corrected chi connectivity index (χ3v) is 6.47. The van der Waals surface area contributed by atoms with Crippen LogP contribution in [0.2, 0.25) is 0 Å². The van der Waals surface area contributed by atoms with Crippen LogP contribution < -0.4 is 5.32 Å². The van der Waals surface area contributed by atoms with E-state index in [4.69, 9.17) is 0 Å². The summed E-state index contributed by atoms with van der Waals surface area (Å²) in [7, 11) is 0. The smallest absolute Gasteiger partial charge is 0.222 e. The highest BCUT2D eigenvalue weighted by molar-refractivity contribution is 9.10. The Bertz CT molecular complexity index is 472. The summed E-state index contributed by atoms with van der Waals surface area (Å²) in [5, 5.41) is 5.55. The van der Waals surface area contributed by atoms with E-state index in [9.17, 15) is 4.79 Å². The number of hydrogen-bond donors (Lipinski definition) is 1. The van der Waals surface area contributed by atoms with Gasteiger partial charge in [-0.1, -0.05) is 0 Å². The van der Waals surface area contributed by atoms with E-state index in [1.165, 1.54) is 24.1 Å². The molecule has 3 rings (SSSR count). The lowest BCUT2D eigenvalue weighted by molar-refractivity contribution is -0.133. The first-order valence-corrected chi connectivity index (χ1v) is 9.06. The summed E-state index contributed by atoms with van der Waals surface area (Å²) in [6, 6.07) is 2.12. The van der Waals surface area contributed by atoms with Crippen LogP contribution in [0.25, 0.3) is 0 Å². The van der Waals surface area contributed by atoms with Gasteiger partial charge in [0.1, 0.15) is 0 Å². The zero-order chi connectivity index (χ0) is 14.0. The first-order valence-electron chi connectivity index (χ1n) is 7.38. The molecule has 2 aliphatic heterocycles. The molecule has 1 aromatic rings. The summed E-state index contributed by atoms with van der Waals surface area (Å²) in [6.07, 6.45) is 5.17. The van der Waals surface area contributed by atoms with Gasteiger partial charge in [-0.25, -0.2) is 0 Å². The van der Waals surface area contributed by atoms with Gasteiger partial charge >= 0.3 is 0 Å². The molecule has 3 nitrogen and oxygen atoms in total. The molecule has 0 saturated carbocycles. The minimum Gasteiger partial charge on any atom is -0.343 e. The normalized spacial score (nSPS) is 21.6. The maximum Gasteiger partial charge on any atom is 0.222 e. The molecule has 3 heterocycles. The fraction of sp³-hybridized carbons (Fsp3) is 0.667. The molecule has 1 aromatic heterocycles. The van der Waals surface area contributed by atoms with Gasteiger partial charge < -0.3 is 10.2 Å². The molecule has 2 saturated heterocycles. The second kappa shape index (κ2) is 6.16. The Balaban J connectivity index is 1.46. The van der Waals surface area contributed by atoms with Crippen molar-refractivity contribution in [2.45, 2.75) is 32.1 Å². The van der Waals surface area contributed by atoms with E-state index in [0.717, 1.165) is 37.1 Å². The molecule has 0 bridgehead atoms. The number of nitrogens with zero attached hydrogens (tertiary/aromatic N) is 1. The summed E-state index contributed by atoms with van der Waals surface area (Å²) in [4.78, 5) is 15.7. The van der Waals surface area contributed by atoms with Gasteiger partial charge in [0.15, 0.2) is 0 Å². The molecule has 0 aliphatic carbocycles. The van der Waals surface area contributed by atoms with Crippen molar-refractivity contribution >= 4 is 33.2 Å². The van der Waals surface area contributed by atoms with E-state index in [0.29, 0.717) is 17.7 Å². The number of likely N-dealkylation sites (tertiary alicyclic amines) is 1. The Labute approximate surface area is 132 Å². The Morgan fingerprint density at radius 3 is 2.80 bits per heavy atom. The Kier molecular flexibility index (Phi) is 4.48. The van der Waals surface area contributed by atoms with Crippen molar-refractivity contribution in [2.75, 3.05) is 26.2 Å². The number of halogens is 1. The standard InChI is InChI=1S/C15H21BrN2OS/c16-12-9-13(20-10-12)1-2-14(19)18-7-4-15(5-8-18)3-6-17-11-15/h9-10,17H,1-8,11H2. The molecule has 1 amide bonds. The summed E-state index contributed by atoms with van der Waals surface area (Å²) in [5.41, 5.74) is 0.495. The van der Waals surface area contributed by atoms with Crippen LogP contribution >= 0.6 is 27.3 Å². The van der Waals surface area contributed by atoms with E-state index in [-0.39, 0.29) is 0 Å². The van der Waals surface area contributed by atoms with Crippen molar-refractivity contribution in [3.05, 3.63) is 20.8 Å². The van der Waals surface area contributed by atoms with Gasteiger partial charge in [-0.2, -0.15) is 0 Å². The molecule has 0 atom stereocenters. The number of amides is 1. The van der Waals surface area contributed by atoms with E-state index in [1.807, 2.05) is 0 Å². The summed E-state index contributed by atoms with van der Waals surface area (Å²) in [6.45, 7) is 4.21. The number of hydrogen-bond acceptors (Lipinski definition) is 3. The average molecular weight is 357 g/mol. The minimum absolute atomic E-state index is 0.329. The minimum atomic E-state index is 0.329. The number of nitrogens with one attached hydrogen (secondary N) is 1. The van der Waals surface area contributed by atoms with Crippen LogP contribution in [0.5, 0.6) is 0 Å². The molecule has 0 unspecified atom stereocenters. The van der Waals surface area contributed by atoms with Gasteiger partial charge in [0.2, 0.25) is 5.91 Å². The molecule has 2 fully saturated rings. The number of carbonyl (C=O) groups excluding carboxylic acids is 1. The quantitative estimate of drug-likeness (QED) is 0.902. The zero-order valence-corrected chi connectivity index (χ0v) is 14.1. The first-order chi connectivity index (χ1) is 9.67. The lowest BCUT2D eigenvalue weighted by Crippen LogP contribution is -2.44. The molecule has 1 N–H and O–H groups in total. The van der Waals surface area contributed by atoms with E-state index < -0.39 is 0 Å². The van der Waals surface area contributed by atoms with Crippen LogP contribution in [0.4, 0.5) is 0 Å². The van der Waals surface area contributed by atoms with Crippen LogP contribution in [0, 0.1) is 5.41 Å². The van der Waals surface area contributed by atoms with E-state index >= 15 is 0 Å². The fourth-order valence-corrected chi connectivity index (χ4v) is 4.78. The molecular weight excluding hydrogens is 336 g/mol. The van der Waals surface area contributed by atoms with Crippen LogP contribution in [0.1, 0.15) is 30.6 Å². The fourth-order valence-electron chi connectivity index (χ4n) is 3.33. The summed E-state index contributed by atoms with van der Waals surface area (Å²) in [5.74, 6) is 0.329. The second-order valence-corrected chi connectivity index (χ2v) is 7.95. The number of thiophene rings is 1. The van der Waals surface area contributed by atoms with Crippen LogP contribution in [-0.2, 0) is 11.2 Å². The van der Waals surface area contributed by atoms with E-state index in [2.05, 4.69) is 37.6 Å². The Hall–Kier alpha value is -0.390. The van der Waals surface area contributed by atoms with Crippen molar-refractivity contribution in [3.8, 4) is 0 Å². The molecule has 2 aliphatic rings. The predicted octanol–water partition coefficient (Wildman–Crippen LogP) is 3.05. The Morgan fingerprint density at radius 1 is 1.40 bits per heavy atom. The number of aryl methyl sites for hydroxylation is 1. The Morgan fingerprint density at radius 2 is 2.20 bits per heavy atom. The summed E-state index contributed by atoms with van der Waals surface area (Å²) >= 11 is 5.19. The second-order valence-electron chi connectivity index (χ2n) is 6.04. The third-order valence-electron chi connectivity index (χ3n) is 4.72. The number of piperidine rings is 1. The first kappa shape index (κ1) is 14.5. The lowest BCUT2D eigenvalue weighted by atomic mass is 9.78. The van der Waals surface area contributed by atoms with Gasteiger partial charge in [0.05, 0.1) is 0 Å². The SMILES string of the molecule is O=C(CCc1cc(Br)cs1)N1CCC2(CCNC2)CC1. The average Bonchev–Trinajstić information content (AvgIpc) is 3.07. The largest absolute Gasteiger partial charge is 0.343 e. The van der Waals surface area contributed by atoms with Gasteiger partial charge in [0.25, 0.3) is 0 Å². The van der Waals surface area contributed by atoms with Gasteiger partial charge in [-0.05, 0) is 59.6 Å². The molecule has 1 spiro atoms. The molecule has 20 heavy (non-hydrogen) atoms. The number of carbonyl (C=O) groups is 1. The van der Waals surface area contributed by atoms with E-state index in [1.54, 1.807) is 11.3 Å². The van der Waals surface area contributed by atoms with Crippen LogP contribution in [0.15, 0.2) is 15.9 Å². The van der Waals surface area contributed by atoms with Crippen molar-refractivity contribution in [2.24, 2.45) is 5.41 Å². The molecule has 110 valence electrons. The third kappa shape index (κ3) is 3.26. The van der Waals surface area contributed by atoms with Crippen molar-refractivity contribution in [1.29, 1.82) is 0 Å². The molecular formula is C15H21BrN2OS. The maximum atomic E-state index is 12.3. The van der Waals surface area contributed by atoms with Crippen molar-refractivity contribution in [3.63, 3.8) is 0 Å². The molecule has 0 radical (unpaired) electrons. The molecule has 0 aromatic carbocycles. The van der Waals surface area contributed by atoms with Crippen molar-refractivity contribution in [1.82, 2.24) is 10.2 Å². The predicted molar refractivity (Wildman–Crippen MR) is 86.1 cm³/mol. The number of rotatable bonds is 3. The highest BCUT2D eigenvalue weighted by Crippen LogP contribution is 2.37. The maximum absolute atomic E-state index is 12.3. The molecule has 5 heteroatoms. The zero-order valence-electron chi connectivity index (χ0n) is 11.7. The highest BCUT2D eigenvalue weighted by Gasteiger charge is 2.37. The van der Waals surface area contributed by atoms with Crippen LogP contribution in [0.3, 0.4) is 0 Å². The monoisotopic (exact) mass is 356 g/mol. The highest BCUT2D eigenvalue weighted by atomic mass is 79.9. The van der Waals surface area contributed by atoms with Crippen LogP contribution in [-0.4, -0.2) is 37.0 Å². The van der Waals surface area contributed by atoms with Crippen molar-refractivity contribution < 1.29 is 4.79 Å². The lowest BCUT2D eigenvalue weighted by Gasteiger charge is -2.39. The van der Waals surface area contributed by atoms with Gasteiger partial charge in [-0.3, -0.25) is 4.79 Å².